The van der Waals surface area contributed by atoms with Gasteiger partial charge in [-0.25, -0.2) is 0 Å². The van der Waals surface area contributed by atoms with Gasteiger partial charge < -0.3 is 14.7 Å². The summed E-state index contributed by atoms with van der Waals surface area (Å²) in [6.45, 7) is 4.59. The second-order valence-corrected chi connectivity index (χ2v) is 5.89. The van der Waals surface area contributed by atoms with Crippen LogP contribution < -0.4 is 0 Å². The van der Waals surface area contributed by atoms with Crippen LogP contribution in [0, 0.1) is 0 Å². The van der Waals surface area contributed by atoms with E-state index in [0.717, 1.165) is 5.52 Å². The molecule has 1 unspecified atom stereocenters. The molecule has 7 heteroatoms. The standard InChI is InChI=1S/C14H18N4O3/c1-14(2)8-18(6-10(7-19)21-14)13(20)9-3-4-11-12(5-9)16-17-15-11/h3-5,10,19H,6-8H2,1-2H3,(H,15,16,17). The molecule has 1 aliphatic rings. The minimum absolute atomic E-state index is 0.0882. The molecule has 0 spiro atoms. The monoisotopic (exact) mass is 290 g/mol. The first-order valence-electron chi connectivity index (χ1n) is 6.87. The summed E-state index contributed by atoms with van der Waals surface area (Å²) in [4.78, 5) is 14.4. The van der Waals surface area contributed by atoms with Crippen LogP contribution in [0.15, 0.2) is 18.2 Å². The molecule has 0 radical (unpaired) electrons. The van der Waals surface area contributed by atoms with Gasteiger partial charge in [-0.05, 0) is 32.0 Å². The molecule has 0 saturated carbocycles. The van der Waals surface area contributed by atoms with Crippen LogP contribution >= 0.6 is 0 Å². The van der Waals surface area contributed by atoms with E-state index in [2.05, 4.69) is 15.4 Å². The molecule has 2 N–H and O–H groups in total. The Balaban J connectivity index is 1.86. The Labute approximate surface area is 121 Å². The van der Waals surface area contributed by atoms with Crippen molar-refractivity contribution < 1.29 is 14.6 Å². The second-order valence-electron chi connectivity index (χ2n) is 5.89. The summed E-state index contributed by atoms with van der Waals surface area (Å²) in [6.07, 6.45) is -0.353. The lowest BCUT2D eigenvalue weighted by atomic mass is 10.0. The van der Waals surface area contributed by atoms with Gasteiger partial charge in [-0.2, -0.15) is 15.4 Å². The lowest BCUT2D eigenvalue weighted by Crippen LogP contribution is -2.55. The first-order valence-corrected chi connectivity index (χ1v) is 6.87. The molecule has 1 aliphatic heterocycles. The fourth-order valence-corrected chi connectivity index (χ4v) is 2.70. The summed E-state index contributed by atoms with van der Waals surface area (Å²) in [5.74, 6) is -0.0882. The van der Waals surface area contributed by atoms with Crippen LogP contribution in [0.3, 0.4) is 0 Å². The van der Waals surface area contributed by atoms with Crippen LogP contribution in [0.4, 0.5) is 0 Å². The summed E-state index contributed by atoms with van der Waals surface area (Å²) in [7, 11) is 0. The molecular weight excluding hydrogens is 272 g/mol. The van der Waals surface area contributed by atoms with Gasteiger partial charge in [0.05, 0.1) is 18.3 Å². The highest BCUT2D eigenvalue weighted by Crippen LogP contribution is 2.23. The number of hydrogen-bond acceptors (Lipinski definition) is 5. The number of H-pyrrole nitrogens is 1. The maximum atomic E-state index is 12.6. The summed E-state index contributed by atoms with van der Waals surface area (Å²) in [5.41, 5.74) is 1.47. The Morgan fingerprint density at radius 1 is 1.48 bits per heavy atom. The maximum absolute atomic E-state index is 12.6. The van der Waals surface area contributed by atoms with Crippen molar-refractivity contribution in [3.05, 3.63) is 23.8 Å². The maximum Gasteiger partial charge on any atom is 0.254 e. The highest BCUT2D eigenvalue weighted by molar-refractivity contribution is 5.97. The number of hydrogen-bond donors (Lipinski definition) is 2. The normalized spacial score (nSPS) is 21.7. The predicted octanol–water partition coefficient (Wildman–Crippen LogP) is 0.570. The van der Waals surface area contributed by atoms with E-state index in [4.69, 9.17) is 4.74 Å². The molecule has 1 aromatic carbocycles. The smallest absolute Gasteiger partial charge is 0.254 e. The molecule has 1 saturated heterocycles. The van der Waals surface area contributed by atoms with Gasteiger partial charge in [0, 0.05) is 18.7 Å². The lowest BCUT2D eigenvalue weighted by molar-refractivity contribution is -0.139. The average Bonchev–Trinajstić information content (AvgIpc) is 2.92. The predicted molar refractivity (Wildman–Crippen MR) is 75.8 cm³/mol. The number of rotatable bonds is 2. The number of nitrogens with zero attached hydrogens (tertiary/aromatic N) is 3. The van der Waals surface area contributed by atoms with E-state index < -0.39 is 5.60 Å². The lowest BCUT2D eigenvalue weighted by Gasteiger charge is -2.42. The Kier molecular flexibility index (Phi) is 3.38. The van der Waals surface area contributed by atoms with Crippen molar-refractivity contribution in [3.8, 4) is 0 Å². The fourth-order valence-electron chi connectivity index (χ4n) is 2.70. The van der Waals surface area contributed by atoms with Crippen LogP contribution in [0.5, 0.6) is 0 Å². The molecule has 1 atom stereocenters. The van der Waals surface area contributed by atoms with Crippen molar-refractivity contribution in [2.45, 2.75) is 25.6 Å². The number of aromatic nitrogens is 3. The Hall–Kier alpha value is -1.99. The largest absolute Gasteiger partial charge is 0.394 e. The first-order chi connectivity index (χ1) is 9.98. The first kappa shape index (κ1) is 14.0. The number of aliphatic hydroxyl groups is 1. The highest BCUT2D eigenvalue weighted by atomic mass is 16.5. The van der Waals surface area contributed by atoms with E-state index in [1.165, 1.54) is 0 Å². The van der Waals surface area contributed by atoms with E-state index in [-0.39, 0.29) is 18.6 Å². The number of fused-ring (bicyclic) bond motifs is 1. The van der Waals surface area contributed by atoms with Crippen molar-refractivity contribution in [2.75, 3.05) is 19.7 Å². The number of aromatic amines is 1. The molecule has 7 nitrogen and oxygen atoms in total. The van der Waals surface area contributed by atoms with Gasteiger partial charge in [0.25, 0.3) is 5.91 Å². The number of amides is 1. The third-order valence-electron chi connectivity index (χ3n) is 3.54. The van der Waals surface area contributed by atoms with Crippen LogP contribution in [0.25, 0.3) is 11.0 Å². The van der Waals surface area contributed by atoms with Crippen LogP contribution in [-0.2, 0) is 4.74 Å². The van der Waals surface area contributed by atoms with Gasteiger partial charge in [-0.3, -0.25) is 4.79 Å². The number of nitrogens with one attached hydrogen (secondary N) is 1. The number of morpholine rings is 1. The van der Waals surface area contributed by atoms with Crippen molar-refractivity contribution in [1.82, 2.24) is 20.3 Å². The molecule has 0 aliphatic carbocycles. The van der Waals surface area contributed by atoms with E-state index in [1.54, 1.807) is 23.1 Å². The molecule has 0 bridgehead atoms. The number of aliphatic hydroxyl groups excluding tert-OH is 1. The summed E-state index contributed by atoms with van der Waals surface area (Å²) < 4.78 is 5.73. The van der Waals surface area contributed by atoms with Crippen molar-refractivity contribution >= 4 is 16.9 Å². The Morgan fingerprint density at radius 2 is 2.24 bits per heavy atom. The highest BCUT2D eigenvalue weighted by Gasteiger charge is 2.35. The van der Waals surface area contributed by atoms with E-state index in [1.807, 2.05) is 13.8 Å². The van der Waals surface area contributed by atoms with Gasteiger partial charge in [0.15, 0.2) is 0 Å². The van der Waals surface area contributed by atoms with Crippen molar-refractivity contribution in [2.24, 2.45) is 0 Å². The average molecular weight is 290 g/mol. The van der Waals surface area contributed by atoms with Crippen molar-refractivity contribution in [3.63, 3.8) is 0 Å². The summed E-state index contributed by atoms with van der Waals surface area (Å²) in [5, 5.41) is 19.8. The molecule has 1 aromatic heterocycles. The SMILES string of the molecule is CC1(C)CN(C(=O)c2ccc3n[nH]nc3c2)CC(CO)O1. The zero-order chi connectivity index (χ0) is 15.0. The number of benzene rings is 1. The van der Waals surface area contributed by atoms with Gasteiger partial charge >= 0.3 is 0 Å². The van der Waals surface area contributed by atoms with Crippen LogP contribution in [0.2, 0.25) is 0 Å². The minimum atomic E-state index is -0.473. The second kappa shape index (κ2) is 5.09. The molecule has 3 rings (SSSR count). The van der Waals surface area contributed by atoms with Crippen molar-refractivity contribution in [1.29, 1.82) is 0 Å². The Morgan fingerprint density at radius 3 is 3.00 bits per heavy atom. The Bertz CT molecular complexity index is 667. The quantitative estimate of drug-likeness (QED) is 0.843. The molecule has 112 valence electrons. The fraction of sp³-hybridized carbons (Fsp3) is 0.500. The third-order valence-corrected chi connectivity index (χ3v) is 3.54. The van der Waals surface area contributed by atoms with Gasteiger partial charge in [-0.15, -0.1) is 0 Å². The molecule has 1 amide bonds. The summed E-state index contributed by atoms with van der Waals surface area (Å²) >= 11 is 0. The zero-order valence-electron chi connectivity index (χ0n) is 12.0. The minimum Gasteiger partial charge on any atom is -0.394 e. The third kappa shape index (κ3) is 2.74. The number of carbonyl (C=O) groups is 1. The van der Waals surface area contributed by atoms with Crippen LogP contribution in [0.1, 0.15) is 24.2 Å². The van der Waals surface area contributed by atoms with E-state index in [0.29, 0.717) is 24.2 Å². The molecule has 2 aromatic rings. The topological polar surface area (TPSA) is 91.3 Å². The molecule has 1 fully saturated rings. The number of ether oxygens (including phenoxy) is 1. The number of carbonyl (C=O) groups excluding carboxylic acids is 1. The molecule has 21 heavy (non-hydrogen) atoms. The summed E-state index contributed by atoms with van der Waals surface area (Å²) in [6, 6.07) is 5.22. The van der Waals surface area contributed by atoms with Gasteiger partial charge in [-0.1, -0.05) is 0 Å². The zero-order valence-corrected chi connectivity index (χ0v) is 12.0. The van der Waals surface area contributed by atoms with Gasteiger partial charge in [0.1, 0.15) is 11.0 Å². The molecular formula is C14H18N4O3. The van der Waals surface area contributed by atoms with Gasteiger partial charge in [0.2, 0.25) is 0 Å². The molecule has 2 heterocycles. The van der Waals surface area contributed by atoms with E-state index >= 15 is 0 Å². The van der Waals surface area contributed by atoms with E-state index in [9.17, 15) is 9.90 Å². The van der Waals surface area contributed by atoms with Crippen LogP contribution in [-0.4, -0.2) is 62.7 Å².